The normalized spacial score (nSPS) is 15.0. The van der Waals surface area contributed by atoms with Crippen LogP contribution in [-0.2, 0) is 0 Å². The molecule has 1 aromatic carbocycles. The van der Waals surface area contributed by atoms with Crippen LogP contribution in [0.3, 0.4) is 0 Å². The molecule has 84 valence electrons. The number of nitrogens with two attached hydrogens (primary N) is 1. The fourth-order valence-electron chi connectivity index (χ4n) is 1.64. The number of aliphatic hydroxyl groups excluding tert-OH is 1. The Morgan fingerprint density at radius 1 is 1.47 bits per heavy atom. The lowest BCUT2D eigenvalue weighted by atomic mass is 9.93. The van der Waals surface area contributed by atoms with Crippen LogP contribution in [0.25, 0.3) is 0 Å². The van der Waals surface area contributed by atoms with Gasteiger partial charge < -0.3 is 10.8 Å². The summed E-state index contributed by atoms with van der Waals surface area (Å²) in [5, 5.41) is 10.1. The molecule has 3 N–H and O–H groups in total. The molecule has 0 heterocycles. The molecule has 0 fully saturated rings. The quantitative estimate of drug-likeness (QED) is 0.885. The van der Waals surface area contributed by atoms with Crippen LogP contribution in [-0.4, -0.2) is 11.7 Å². The van der Waals surface area contributed by atoms with E-state index in [1.807, 2.05) is 32.0 Å². The van der Waals surface area contributed by atoms with E-state index in [4.69, 9.17) is 5.73 Å². The van der Waals surface area contributed by atoms with Crippen LogP contribution in [0.4, 0.5) is 0 Å². The largest absolute Gasteiger partial charge is 0.388 e. The molecule has 2 atom stereocenters. The predicted molar refractivity (Wildman–Crippen MR) is 66.7 cm³/mol. The van der Waals surface area contributed by atoms with Crippen LogP contribution < -0.4 is 5.73 Å². The molecule has 0 aliphatic heterocycles. The number of rotatable bonds is 4. The molecule has 0 bridgehead atoms. The summed E-state index contributed by atoms with van der Waals surface area (Å²) >= 11 is 3.47. The topological polar surface area (TPSA) is 46.2 Å². The van der Waals surface area contributed by atoms with E-state index in [2.05, 4.69) is 15.9 Å². The SMILES string of the molecule is CCC(CN)C(O)c1ccc(C)cc1Br. The van der Waals surface area contributed by atoms with E-state index in [1.54, 1.807) is 0 Å². The van der Waals surface area contributed by atoms with Gasteiger partial charge in [0.15, 0.2) is 0 Å². The highest BCUT2D eigenvalue weighted by Gasteiger charge is 2.19. The van der Waals surface area contributed by atoms with Crippen molar-refractivity contribution in [3.05, 3.63) is 33.8 Å². The fraction of sp³-hybridized carbons (Fsp3) is 0.500. The first-order valence-corrected chi connectivity index (χ1v) is 6.03. The van der Waals surface area contributed by atoms with E-state index in [1.165, 1.54) is 5.56 Å². The molecule has 1 aromatic rings. The van der Waals surface area contributed by atoms with Gasteiger partial charge in [-0.15, -0.1) is 0 Å². The van der Waals surface area contributed by atoms with E-state index in [-0.39, 0.29) is 5.92 Å². The zero-order valence-electron chi connectivity index (χ0n) is 9.20. The summed E-state index contributed by atoms with van der Waals surface area (Å²) in [5.74, 6) is 0.129. The standard InChI is InChI=1S/C12H18BrNO/c1-3-9(7-14)12(15)10-5-4-8(2)6-11(10)13/h4-6,9,12,15H,3,7,14H2,1-2H3. The van der Waals surface area contributed by atoms with Crippen molar-refractivity contribution >= 4 is 15.9 Å². The zero-order valence-corrected chi connectivity index (χ0v) is 10.8. The fourth-order valence-corrected chi connectivity index (χ4v) is 2.37. The molecule has 0 aliphatic rings. The number of hydrogen-bond donors (Lipinski definition) is 2. The molecule has 0 spiro atoms. The summed E-state index contributed by atoms with van der Waals surface area (Å²) in [5.41, 5.74) is 7.73. The van der Waals surface area contributed by atoms with Gasteiger partial charge in [-0.1, -0.05) is 35.0 Å². The predicted octanol–water partition coefficient (Wildman–Crippen LogP) is 2.78. The highest BCUT2D eigenvalue weighted by molar-refractivity contribution is 9.10. The monoisotopic (exact) mass is 271 g/mol. The second kappa shape index (κ2) is 5.64. The van der Waals surface area contributed by atoms with E-state index in [9.17, 15) is 5.11 Å². The van der Waals surface area contributed by atoms with Crippen molar-refractivity contribution in [2.24, 2.45) is 11.7 Å². The molecule has 0 radical (unpaired) electrons. The minimum Gasteiger partial charge on any atom is -0.388 e. The lowest BCUT2D eigenvalue weighted by molar-refractivity contribution is 0.109. The molecule has 2 nitrogen and oxygen atoms in total. The summed E-state index contributed by atoms with van der Waals surface area (Å²) in [6, 6.07) is 5.98. The maximum atomic E-state index is 10.1. The van der Waals surface area contributed by atoms with Crippen molar-refractivity contribution in [3.8, 4) is 0 Å². The Labute approximate surface area is 99.6 Å². The van der Waals surface area contributed by atoms with Gasteiger partial charge in [0.1, 0.15) is 0 Å². The van der Waals surface area contributed by atoms with Crippen LogP contribution in [0.5, 0.6) is 0 Å². The number of aliphatic hydroxyl groups is 1. The zero-order chi connectivity index (χ0) is 11.4. The summed E-state index contributed by atoms with van der Waals surface area (Å²) in [4.78, 5) is 0. The van der Waals surface area contributed by atoms with Crippen LogP contribution in [0.1, 0.15) is 30.6 Å². The first-order chi connectivity index (χ1) is 7.10. The number of halogens is 1. The van der Waals surface area contributed by atoms with Crippen LogP contribution in [0.15, 0.2) is 22.7 Å². The molecule has 0 aromatic heterocycles. The molecule has 0 amide bonds. The first-order valence-electron chi connectivity index (χ1n) is 5.24. The van der Waals surface area contributed by atoms with Gasteiger partial charge in [-0.2, -0.15) is 0 Å². The van der Waals surface area contributed by atoms with Gasteiger partial charge in [-0.3, -0.25) is 0 Å². The maximum Gasteiger partial charge on any atom is 0.0841 e. The minimum absolute atomic E-state index is 0.129. The molecule has 0 aliphatic carbocycles. The molecule has 15 heavy (non-hydrogen) atoms. The maximum absolute atomic E-state index is 10.1. The molecule has 0 saturated carbocycles. The van der Waals surface area contributed by atoms with Gasteiger partial charge in [0.25, 0.3) is 0 Å². The average Bonchev–Trinajstić information content (AvgIpc) is 2.19. The molecule has 1 rings (SSSR count). The van der Waals surface area contributed by atoms with Crippen molar-refractivity contribution in [1.82, 2.24) is 0 Å². The van der Waals surface area contributed by atoms with Gasteiger partial charge >= 0.3 is 0 Å². The first kappa shape index (κ1) is 12.7. The van der Waals surface area contributed by atoms with Crippen molar-refractivity contribution in [2.75, 3.05) is 6.54 Å². The summed E-state index contributed by atoms with van der Waals surface area (Å²) in [6.45, 7) is 4.59. The lowest BCUT2D eigenvalue weighted by Crippen LogP contribution is -2.21. The molecule has 3 heteroatoms. The smallest absolute Gasteiger partial charge is 0.0841 e. The average molecular weight is 272 g/mol. The second-order valence-electron chi connectivity index (χ2n) is 3.87. The number of aryl methyl sites for hydroxylation is 1. The highest BCUT2D eigenvalue weighted by atomic mass is 79.9. The Morgan fingerprint density at radius 3 is 2.60 bits per heavy atom. The summed E-state index contributed by atoms with van der Waals surface area (Å²) in [6.07, 6.45) is 0.410. The van der Waals surface area contributed by atoms with Crippen molar-refractivity contribution in [2.45, 2.75) is 26.4 Å². The Bertz CT molecular complexity index is 323. The molecule has 0 saturated heterocycles. The van der Waals surface area contributed by atoms with E-state index in [0.717, 1.165) is 16.5 Å². The third-order valence-electron chi connectivity index (χ3n) is 2.75. The van der Waals surface area contributed by atoms with Gasteiger partial charge in [0.2, 0.25) is 0 Å². The van der Waals surface area contributed by atoms with E-state index in [0.29, 0.717) is 6.54 Å². The van der Waals surface area contributed by atoms with Crippen molar-refractivity contribution in [1.29, 1.82) is 0 Å². The van der Waals surface area contributed by atoms with Crippen LogP contribution in [0.2, 0.25) is 0 Å². The Balaban J connectivity index is 2.94. The lowest BCUT2D eigenvalue weighted by Gasteiger charge is -2.21. The molecular weight excluding hydrogens is 254 g/mol. The van der Waals surface area contributed by atoms with Gasteiger partial charge in [-0.05, 0) is 37.1 Å². The van der Waals surface area contributed by atoms with Crippen LogP contribution >= 0.6 is 15.9 Å². The van der Waals surface area contributed by atoms with Crippen molar-refractivity contribution < 1.29 is 5.11 Å². The Kier molecular flexibility index (Phi) is 4.77. The third-order valence-corrected chi connectivity index (χ3v) is 3.44. The van der Waals surface area contributed by atoms with E-state index >= 15 is 0 Å². The summed E-state index contributed by atoms with van der Waals surface area (Å²) < 4.78 is 0.960. The highest BCUT2D eigenvalue weighted by Crippen LogP contribution is 2.30. The Morgan fingerprint density at radius 2 is 2.13 bits per heavy atom. The second-order valence-corrected chi connectivity index (χ2v) is 4.73. The van der Waals surface area contributed by atoms with Crippen LogP contribution in [0, 0.1) is 12.8 Å². The van der Waals surface area contributed by atoms with Gasteiger partial charge in [-0.25, -0.2) is 0 Å². The number of hydrogen-bond acceptors (Lipinski definition) is 2. The molecule has 2 unspecified atom stereocenters. The number of benzene rings is 1. The van der Waals surface area contributed by atoms with E-state index < -0.39 is 6.10 Å². The summed E-state index contributed by atoms with van der Waals surface area (Å²) in [7, 11) is 0. The Hall–Kier alpha value is -0.380. The van der Waals surface area contributed by atoms with Gasteiger partial charge in [0.05, 0.1) is 6.10 Å². The van der Waals surface area contributed by atoms with Crippen molar-refractivity contribution in [3.63, 3.8) is 0 Å². The third kappa shape index (κ3) is 3.03. The van der Waals surface area contributed by atoms with Gasteiger partial charge in [0, 0.05) is 10.4 Å². The molecular formula is C12H18BrNO. The minimum atomic E-state index is -0.477.